The average molecular weight is 332 g/mol. The van der Waals surface area contributed by atoms with Gasteiger partial charge in [-0.05, 0) is 43.3 Å². The van der Waals surface area contributed by atoms with Gasteiger partial charge in [0.1, 0.15) is 18.2 Å². The Balaban J connectivity index is 1.78. The number of rotatable bonds is 9. The van der Waals surface area contributed by atoms with Gasteiger partial charge in [0.05, 0.1) is 13.2 Å². The van der Waals surface area contributed by atoms with Crippen molar-refractivity contribution in [3.63, 3.8) is 0 Å². The molecule has 0 aromatic heterocycles. The smallest absolute Gasteiger partial charge is 0.243 e. The molecule has 2 rings (SSSR count). The van der Waals surface area contributed by atoms with E-state index in [1.165, 1.54) is 24.3 Å². The molecule has 6 heteroatoms. The zero-order chi connectivity index (χ0) is 17.2. The second kappa shape index (κ2) is 9.52. The summed E-state index contributed by atoms with van der Waals surface area (Å²) in [5, 5.41) is 5.71. The van der Waals surface area contributed by atoms with E-state index >= 15 is 0 Å². The molecule has 0 radical (unpaired) electrons. The Morgan fingerprint density at radius 1 is 1.08 bits per heavy atom. The average Bonchev–Trinajstić information content (AvgIpc) is 2.59. The van der Waals surface area contributed by atoms with Crippen LogP contribution in [0.5, 0.6) is 5.75 Å². The van der Waals surface area contributed by atoms with E-state index in [4.69, 9.17) is 9.47 Å². The van der Waals surface area contributed by atoms with Crippen molar-refractivity contribution in [2.45, 2.75) is 6.92 Å². The van der Waals surface area contributed by atoms with Gasteiger partial charge < -0.3 is 20.1 Å². The molecule has 0 aliphatic carbocycles. The third-order valence-electron chi connectivity index (χ3n) is 3.12. The molecule has 0 saturated heterocycles. The summed E-state index contributed by atoms with van der Waals surface area (Å²) < 4.78 is 23.6. The van der Waals surface area contributed by atoms with Crippen LogP contribution < -0.4 is 15.4 Å². The van der Waals surface area contributed by atoms with Crippen molar-refractivity contribution in [3.8, 4) is 5.75 Å². The molecule has 0 saturated carbocycles. The Morgan fingerprint density at radius 3 is 2.62 bits per heavy atom. The lowest BCUT2D eigenvalue weighted by atomic mass is 10.3. The molecule has 2 aromatic rings. The van der Waals surface area contributed by atoms with Crippen LogP contribution in [-0.4, -0.2) is 32.3 Å². The van der Waals surface area contributed by atoms with E-state index in [2.05, 4.69) is 10.6 Å². The van der Waals surface area contributed by atoms with E-state index in [9.17, 15) is 9.18 Å². The summed E-state index contributed by atoms with van der Waals surface area (Å²) in [5.74, 6) is 0.148. The predicted octanol–water partition coefficient (Wildman–Crippen LogP) is 3.29. The number of anilines is 2. The number of nitrogens with one attached hydrogen (secondary N) is 2. The molecule has 0 fully saturated rings. The van der Waals surface area contributed by atoms with E-state index in [-0.39, 0.29) is 18.3 Å². The van der Waals surface area contributed by atoms with Crippen molar-refractivity contribution in [2.24, 2.45) is 0 Å². The Kier molecular flexibility index (Phi) is 7.04. The Hall–Kier alpha value is -2.60. The molecule has 2 aromatic carbocycles. The van der Waals surface area contributed by atoms with Crippen molar-refractivity contribution in [2.75, 3.05) is 37.0 Å². The maximum atomic E-state index is 12.8. The van der Waals surface area contributed by atoms with Crippen LogP contribution in [0.15, 0.2) is 48.5 Å². The molecule has 0 aliphatic heterocycles. The lowest BCUT2D eigenvalue weighted by Crippen LogP contribution is -2.21. The molecule has 2 N–H and O–H groups in total. The summed E-state index contributed by atoms with van der Waals surface area (Å²) in [6.45, 7) is 3.70. The second-order valence-corrected chi connectivity index (χ2v) is 4.98. The van der Waals surface area contributed by atoms with Gasteiger partial charge in [0.15, 0.2) is 0 Å². The third-order valence-corrected chi connectivity index (χ3v) is 3.12. The summed E-state index contributed by atoms with van der Waals surface area (Å²) in [7, 11) is 0. The quantitative estimate of drug-likeness (QED) is 0.692. The second-order valence-electron chi connectivity index (χ2n) is 4.98. The highest BCUT2D eigenvalue weighted by Gasteiger charge is 2.03. The maximum Gasteiger partial charge on any atom is 0.243 e. The fourth-order valence-corrected chi connectivity index (χ4v) is 1.98. The summed E-state index contributed by atoms with van der Waals surface area (Å²) in [6.07, 6.45) is 0. The van der Waals surface area contributed by atoms with Crippen LogP contribution in [0.3, 0.4) is 0 Å². The number of hydrogen-bond donors (Lipinski definition) is 2. The Bertz CT molecular complexity index is 647. The zero-order valence-corrected chi connectivity index (χ0v) is 13.5. The molecular weight excluding hydrogens is 311 g/mol. The van der Waals surface area contributed by atoms with E-state index in [1.807, 2.05) is 31.2 Å². The maximum absolute atomic E-state index is 12.8. The molecule has 0 heterocycles. The number of amides is 1. The van der Waals surface area contributed by atoms with Gasteiger partial charge in [-0.3, -0.25) is 4.79 Å². The molecule has 24 heavy (non-hydrogen) atoms. The van der Waals surface area contributed by atoms with E-state index < -0.39 is 0 Å². The minimum absolute atomic E-state index is 0.0970. The first-order chi connectivity index (χ1) is 11.7. The van der Waals surface area contributed by atoms with E-state index in [0.29, 0.717) is 31.3 Å². The monoisotopic (exact) mass is 332 g/mol. The molecule has 128 valence electrons. The van der Waals surface area contributed by atoms with E-state index in [0.717, 1.165) is 5.69 Å². The van der Waals surface area contributed by atoms with Gasteiger partial charge in [-0.25, -0.2) is 4.39 Å². The minimum Gasteiger partial charge on any atom is -0.491 e. The summed E-state index contributed by atoms with van der Waals surface area (Å²) in [4.78, 5) is 11.9. The zero-order valence-electron chi connectivity index (χ0n) is 13.5. The molecule has 0 unspecified atom stereocenters. The van der Waals surface area contributed by atoms with Crippen LogP contribution in [-0.2, 0) is 9.53 Å². The Morgan fingerprint density at radius 2 is 1.88 bits per heavy atom. The first kappa shape index (κ1) is 17.7. The van der Waals surface area contributed by atoms with Gasteiger partial charge in [-0.2, -0.15) is 0 Å². The van der Waals surface area contributed by atoms with E-state index in [1.54, 1.807) is 0 Å². The minimum atomic E-state index is -0.340. The van der Waals surface area contributed by atoms with Crippen molar-refractivity contribution in [3.05, 3.63) is 54.3 Å². The standard InChI is InChI=1S/C18H21FN2O3/c1-2-23-10-11-24-17-5-3-4-16(12-17)20-13-18(22)21-15-8-6-14(19)7-9-15/h3-9,12,20H,2,10-11,13H2,1H3,(H,21,22). The topological polar surface area (TPSA) is 59.6 Å². The molecular formula is C18H21FN2O3. The number of halogens is 1. The lowest BCUT2D eigenvalue weighted by molar-refractivity contribution is -0.114. The van der Waals surface area contributed by atoms with Crippen LogP contribution in [0.25, 0.3) is 0 Å². The number of carbonyl (C=O) groups is 1. The van der Waals surface area contributed by atoms with Crippen molar-refractivity contribution in [1.29, 1.82) is 0 Å². The van der Waals surface area contributed by atoms with Gasteiger partial charge in [-0.1, -0.05) is 6.07 Å². The van der Waals surface area contributed by atoms with Crippen LogP contribution >= 0.6 is 0 Å². The van der Waals surface area contributed by atoms with Gasteiger partial charge in [0.2, 0.25) is 5.91 Å². The SMILES string of the molecule is CCOCCOc1cccc(NCC(=O)Nc2ccc(F)cc2)c1. The van der Waals surface area contributed by atoms with Crippen LogP contribution in [0.4, 0.5) is 15.8 Å². The molecule has 0 spiro atoms. The van der Waals surface area contributed by atoms with Crippen LogP contribution in [0, 0.1) is 5.82 Å². The highest BCUT2D eigenvalue weighted by molar-refractivity contribution is 5.93. The summed E-state index contributed by atoms with van der Waals surface area (Å²) >= 11 is 0. The number of ether oxygens (including phenoxy) is 2. The molecule has 0 aliphatic rings. The summed E-state index contributed by atoms with van der Waals surface area (Å²) in [5.41, 5.74) is 1.33. The largest absolute Gasteiger partial charge is 0.491 e. The molecule has 1 amide bonds. The van der Waals surface area contributed by atoms with Gasteiger partial charge in [0, 0.05) is 24.0 Å². The van der Waals surface area contributed by atoms with Crippen molar-refractivity contribution >= 4 is 17.3 Å². The normalized spacial score (nSPS) is 10.2. The highest BCUT2D eigenvalue weighted by atomic mass is 19.1. The van der Waals surface area contributed by atoms with Gasteiger partial charge >= 0.3 is 0 Å². The molecule has 0 bridgehead atoms. The van der Waals surface area contributed by atoms with Crippen molar-refractivity contribution < 1.29 is 18.7 Å². The molecule has 5 nitrogen and oxygen atoms in total. The fourth-order valence-electron chi connectivity index (χ4n) is 1.98. The summed E-state index contributed by atoms with van der Waals surface area (Å²) in [6, 6.07) is 13.0. The highest BCUT2D eigenvalue weighted by Crippen LogP contribution is 2.17. The first-order valence-corrected chi connectivity index (χ1v) is 7.77. The van der Waals surface area contributed by atoms with Crippen LogP contribution in [0.2, 0.25) is 0 Å². The van der Waals surface area contributed by atoms with Gasteiger partial charge in [0.25, 0.3) is 0 Å². The number of carbonyl (C=O) groups excluding carboxylic acids is 1. The lowest BCUT2D eigenvalue weighted by Gasteiger charge is -2.10. The number of hydrogen-bond acceptors (Lipinski definition) is 4. The number of benzene rings is 2. The van der Waals surface area contributed by atoms with Gasteiger partial charge in [-0.15, -0.1) is 0 Å². The Labute approximate surface area is 140 Å². The first-order valence-electron chi connectivity index (χ1n) is 7.77. The van der Waals surface area contributed by atoms with Crippen molar-refractivity contribution in [1.82, 2.24) is 0 Å². The fraction of sp³-hybridized carbons (Fsp3) is 0.278. The molecule has 0 atom stereocenters. The van der Waals surface area contributed by atoms with Crippen LogP contribution in [0.1, 0.15) is 6.92 Å². The predicted molar refractivity (Wildman–Crippen MR) is 91.9 cm³/mol. The third kappa shape index (κ3) is 6.26.